The van der Waals surface area contributed by atoms with Gasteiger partial charge in [0.2, 0.25) is 0 Å². The van der Waals surface area contributed by atoms with Crippen LogP contribution in [0.4, 0.5) is 0 Å². The molecule has 1 unspecified atom stereocenters. The molecule has 2 heteroatoms. The van der Waals surface area contributed by atoms with Gasteiger partial charge in [-0.1, -0.05) is 12.1 Å². The first kappa shape index (κ1) is 13.6. The quantitative estimate of drug-likeness (QED) is 0.764. The van der Waals surface area contributed by atoms with E-state index in [0.717, 1.165) is 25.0 Å². The molecule has 0 bridgehead atoms. The molecule has 0 aliphatic heterocycles. The maximum atomic E-state index is 5.96. The second-order valence-electron chi connectivity index (χ2n) is 4.18. The van der Waals surface area contributed by atoms with E-state index in [9.17, 15) is 0 Å². The molecule has 0 aliphatic carbocycles. The highest BCUT2D eigenvalue weighted by atomic mass is 16.5. The minimum atomic E-state index is 0.181. The maximum absolute atomic E-state index is 5.96. The molecule has 1 atom stereocenters. The van der Waals surface area contributed by atoms with Crippen LogP contribution < -0.4 is 10.5 Å². The summed E-state index contributed by atoms with van der Waals surface area (Å²) in [6, 6.07) is 8.25. The van der Waals surface area contributed by atoms with Gasteiger partial charge in [-0.3, -0.25) is 0 Å². The van der Waals surface area contributed by atoms with Gasteiger partial charge in [-0.05, 0) is 44.4 Å². The topological polar surface area (TPSA) is 35.2 Å². The Labute approximate surface area is 104 Å². The van der Waals surface area contributed by atoms with Gasteiger partial charge in [0.05, 0.1) is 6.61 Å². The fourth-order valence-corrected chi connectivity index (χ4v) is 1.56. The summed E-state index contributed by atoms with van der Waals surface area (Å²) in [6.07, 6.45) is 2.69. The van der Waals surface area contributed by atoms with E-state index < -0.39 is 0 Å². The predicted octanol–water partition coefficient (Wildman–Crippen LogP) is 2.89. The molecule has 17 heavy (non-hydrogen) atoms. The maximum Gasteiger partial charge on any atom is 0.119 e. The molecule has 1 rings (SSSR count). The van der Waals surface area contributed by atoms with Crippen molar-refractivity contribution in [3.8, 4) is 17.6 Å². The summed E-state index contributed by atoms with van der Waals surface area (Å²) in [6.45, 7) is 4.58. The lowest BCUT2D eigenvalue weighted by molar-refractivity contribution is 0.295. The van der Waals surface area contributed by atoms with E-state index in [1.165, 1.54) is 5.56 Å². The Morgan fingerprint density at radius 2 is 2.18 bits per heavy atom. The van der Waals surface area contributed by atoms with Crippen LogP contribution in [-0.2, 0) is 0 Å². The molecule has 92 valence electrons. The molecule has 0 saturated heterocycles. The number of nitrogens with two attached hydrogens (primary N) is 1. The molecular weight excluding hydrogens is 210 g/mol. The van der Waals surface area contributed by atoms with E-state index in [1.807, 2.05) is 25.1 Å². The summed E-state index contributed by atoms with van der Waals surface area (Å²) < 4.78 is 5.65. The van der Waals surface area contributed by atoms with Crippen molar-refractivity contribution in [2.45, 2.75) is 39.2 Å². The van der Waals surface area contributed by atoms with Crippen LogP contribution in [0.2, 0.25) is 0 Å². The smallest absolute Gasteiger partial charge is 0.119 e. The molecular formula is C15H21NO. The van der Waals surface area contributed by atoms with Crippen LogP contribution in [0.15, 0.2) is 24.3 Å². The zero-order valence-corrected chi connectivity index (χ0v) is 10.7. The number of aryl methyl sites for hydroxylation is 1. The minimum Gasteiger partial charge on any atom is -0.494 e. The van der Waals surface area contributed by atoms with Crippen molar-refractivity contribution in [2.75, 3.05) is 6.61 Å². The fourth-order valence-electron chi connectivity index (χ4n) is 1.56. The normalized spacial score (nSPS) is 11.5. The van der Waals surface area contributed by atoms with Crippen LogP contribution in [0.1, 0.15) is 31.7 Å². The van der Waals surface area contributed by atoms with Gasteiger partial charge >= 0.3 is 0 Å². The molecule has 0 saturated carbocycles. The largest absolute Gasteiger partial charge is 0.494 e. The lowest BCUT2D eigenvalue weighted by atomic mass is 10.1. The molecule has 0 spiro atoms. The number of rotatable bonds is 6. The first-order chi connectivity index (χ1) is 8.22. The van der Waals surface area contributed by atoms with Gasteiger partial charge in [0.15, 0.2) is 0 Å². The zero-order chi connectivity index (χ0) is 12.5. The molecule has 2 nitrogen and oxygen atoms in total. The number of hydrogen-bond acceptors (Lipinski definition) is 2. The summed E-state index contributed by atoms with van der Waals surface area (Å²) in [5.74, 6) is 6.82. The number of ether oxygens (including phenoxy) is 1. The van der Waals surface area contributed by atoms with Crippen LogP contribution >= 0.6 is 0 Å². The average Bonchev–Trinajstić information content (AvgIpc) is 2.29. The van der Waals surface area contributed by atoms with E-state index in [-0.39, 0.29) is 6.04 Å². The molecule has 0 aliphatic rings. The predicted molar refractivity (Wildman–Crippen MR) is 72.0 cm³/mol. The first-order valence-corrected chi connectivity index (χ1v) is 6.07. The Bertz CT molecular complexity index is 389. The molecule has 0 fully saturated rings. The molecule has 0 aromatic heterocycles. The Morgan fingerprint density at radius 1 is 1.35 bits per heavy atom. The molecule has 1 aromatic carbocycles. The van der Waals surface area contributed by atoms with E-state index in [1.54, 1.807) is 0 Å². The van der Waals surface area contributed by atoms with Crippen molar-refractivity contribution in [1.29, 1.82) is 0 Å². The molecule has 0 heterocycles. The van der Waals surface area contributed by atoms with Crippen molar-refractivity contribution in [1.82, 2.24) is 0 Å². The number of benzene rings is 1. The van der Waals surface area contributed by atoms with Crippen molar-refractivity contribution >= 4 is 0 Å². The monoisotopic (exact) mass is 231 g/mol. The van der Waals surface area contributed by atoms with Crippen molar-refractivity contribution in [3.63, 3.8) is 0 Å². The molecule has 1 aromatic rings. The SMILES string of the molecule is CC#CCCC(N)CCOc1cccc(C)c1. The zero-order valence-electron chi connectivity index (χ0n) is 10.7. The Balaban J connectivity index is 2.20. The van der Waals surface area contributed by atoms with E-state index in [2.05, 4.69) is 24.8 Å². The van der Waals surface area contributed by atoms with Gasteiger partial charge in [-0.2, -0.15) is 0 Å². The Morgan fingerprint density at radius 3 is 2.88 bits per heavy atom. The fraction of sp³-hybridized carbons (Fsp3) is 0.467. The Kier molecular flexibility index (Phi) is 6.21. The van der Waals surface area contributed by atoms with Crippen LogP contribution in [0, 0.1) is 18.8 Å². The van der Waals surface area contributed by atoms with Crippen LogP contribution in [0.25, 0.3) is 0 Å². The molecule has 0 amide bonds. The van der Waals surface area contributed by atoms with Gasteiger partial charge in [0.25, 0.3) is 0 Å². The van der Waals surface area contributed by atoms with Crippen molar-refractivity contribution in [2.24, 2.45) is 5.73 Å². The second-order valence-corrected chi connectivity index (χ2v) is 4.18. The minimum absolute atomic E-state index is 0.181. The summed E-state index contributed by atoms with van der Waals surface area (Å²) >= 11 is 0. The highest BCUT2D eigenvalue weighted by Gasteiger charge is 2.02. The van der Waals surface area contributed by atoms with E-state index in [0.29, 0.717) is 6.61 Å². The highest BCUT2D eigenvalue weighted by Crippen LogP contribution is 2.12. The van der Waals surface area contributed by atoms with Crippen molar-refractivity contribution in [3.05, 3.63) is 29.8 Å². The van der Waals surface area contributed by atoms with Gasteiger partial charge in [0, 0.05) is 12.5 Å². The van der Waals surface area contributed by atoms with Gasteiger partial charge in [-0.25, -0.2) is 0 Å². The lowest BCUT2D eigenvalue weighted by Gasteiger charge is -2.11. The summed E-state index contributed by atoms with van der Waals surface area (Å²) in [5, 5.41) is 0. The summed E-state index contributed by atoms with van der Waals surface area (Å²) in [4.78, 5) is 0. The lowest BCUT2D eigenvalue weighted by Crippen LogP contribution is -2.22. The summed E-state index contributed by atoms with van der Waals surface area (Å²) in [5.41, 5.74) is 7.17. The highest BCUT2D eigenvalue weighted by molar-refractivity contribution is 5.27. The molecule has 2 N–H and O–H groups in total. The van der Waals surface area contributed by atoms with Crippen molar-refractivity contribution < 1.29 is 4.74 Å². The van der Waals surface area contributed by atoms with Gasteiger partial charge in [0.1, 0.15) is 5.75 Å². The standard InChI is InChI=1S/C15H21NO/c1-3-4-5-8-14(16)10-11-17-15-9-6-7-13(2)12-15/h6-7,9,12,14H,5,8,10-11,16H2,1-2H3. The third-order valence-electron chi connectivity index (χ3n) is 2.56. The third kappa shape index (κ3) is 5.99. The van der Waals surface area contributed by atoms with Gasteiger partial charge in [-0.15, -0.1) is 11.8 Å². The molecule has 0 radical (unpaired) electrons. The van der Waals surface area contributed by atoms with E-state index in [4.69, 9.17) is 10.5 Å². The van der Waals surface area contributed by atoms with Crippen LogP contribution in [0.5, 0.6) is 5.75 Å². The van der Waals surface area contributed by atoms with E-state index >= 15 is 0 Å². The van der Waals surface area contributed by atoms with Crippen LogP contribution in [0.3, 0.4) is 0 Å². The first-order valence-electron chi connectivity index (χ1n) is 6.07. The number of hydrogen-bond donors (Lipinski definition) is 1. The average molecular weight is 231 g/mol. The van der Waals surface area contributed by atoms with Gasteiger partial charge < -0.3 is 10.5 Å². The van der Waals surface area contributed by atoms with Crippen LogP contribution in [-0.4, -0.2) is 12.6 Å². The third-order valence-corrected chi connectivity index (χ3v) is 2.56. The summed E-state index contributed by atoms with van der Waals surface area (Å²) in [7, 11) is 0. The second kappa shape index (κ2) is 7.76. The Hall–Kier alpha value is -1.46.